The van der Waals surface area contributed by atoms with E-state index >= 15 is 0 Å². The summed E-state index contributed by atoms with van der Waals surface area (Å²) >= 11 is 12.4. The fraction of sp³-hybridized carbons (Fsp3) is 0.375. The van der Waals surface area contributed by atoms with Crippen LogP contribution >= 0.6 is 23.2 Å². The lowest BCUT2D eigenvalue weighted by Crippen LogP contribution is -2.52. The molecular formula is C32H39Cl2N3O4S. The first kappa shape index (κ1) is 33.4. The number of benzene rings is 3. The summed E-state index contributed by atoms with van der Waals surface area (Å²) in [6, 6.07) is 21.2. The molecule has 10 heteroatoms. The van der Waals surface area contributed by atoms with Crippen LogP contribution in [0.15, 0.2) is 72.8 Å². The van der Waals surface area contributed by atoms with Gasteiger partial charge in [-0.3, -0.25) is 13.9 Å². The molecule has 3 aromatic carbocycles. The second-order valence-corrected chi connectivity index (χ2v) is 13.3. The highest BCUT2D eigenvalue weighted by Crippen LogP contribution is 2.31. The summed E-state index contributed by atoms with van der Waals surface area (Å²) < 4.78 is 26.5. The van der Waals surface area contributed by atoms with Crippen molar-refractivity contribution in [3.05, 3.63) is 99.5 Å². The third-order valence-corrected chi connectivity index (χ3v) is 8.94. The molecule has 3 rings (SSSR count). The Morgan fingerprint density at radius 2 is 1.64 bits per heavy atom. The normalized spacial score (nSPS) is 12.8. The second-order valence-electron chi connectivity index (χ2n) is 10.5. The summed E-state index contributed by atoms with van der Waals surface area (Å²) in [5.74, 6) is -0.470. The molecule has 0 aliphatic heterocycles. The van der Waals surface area contributed by atoms with E-state index in [4.69, 9.17) is 23.2 Å². The number of halogens is 2. The van der Waals surface area contributed by atoms with Crippen molar-refractivity contribution in [2.24, 2.45) is 0 Å². The molecule has 0 aliphatic rings. The summed E-state index contributed by atoms with van der Waals surface area (Å²) in [6.45, 7) is 6.17. The standard InChI is InChI=1S/C32H39Cl2N3O4S/c1-5-24(3)35-32(39)30(20-25-13-7-6-8-14-25)36(22-26-15-10-9-12-23(26)2)31(38)16-11-19-37(42(4,40)41)29-21-27(33)17-18-28(29)34/h6-10,12-15,17-18,21,24,30H,5,11,16,19-20,22H2,1-4H3,(H,35,39)/t24-,30-/m1/s1. The first-order valence-corrected chi connectivity index (χ1v) is 16.6. The zero-order valence-electron chi connectivity index (χ0n) is 24.5. The Morgan fingerprint density at radius 1 is 0.976 bits per heavy atom. The van der Waals surface area contributed by atoms with Crippen LogP contribution in [0.3, 0.4) is 0 Å². The fourth-order valence-corrected chi connectivity index (χ4v) is 6.03. The van der Waals surface area contributed by atoms with Crippen molar-refractivity contribution in [3.63, 3.8) is 0 Å². The Labute approximate surface area is 259 Å². The first-order chi connectivity index (χ1) is 19.9. The van der Waals surface area contributed by atoms with Crippen molar-refractivity contribution in [2.75, 3.05) is 17.1 Å². The Hall–Kier alpha value is -3.07. The number of sulfonamides is 1. The number of anilines is 1. The molecule has 2 amide bonds. The predicted molar refractivity (Wildman–Crippen MR) is 171 cm³/mol. The summed E-state index contributed by atoms with van der Waals surface area (Å²) in [7, 11) is -3.72. The Bertz CT molecular complexity index is 1470. The highest BCUT2D eigenvalue weighted by atomic mass is 35.5. The molecule has 0 spiro atoms. The van der Waals surface area contributed by atoms with Crippen LogP contribution < -0.4 is 9.62 Å². The smallest absolute Gasteiger partial charge is 0.243 e. The van der Waals surface area contributed by atoms with E-state index in [2.05, 4.69) is 5.32 Å². The molecule has 226 valence electrons. The third-order valence-electron chi connectivity index (χ3n) is 7.20. The van der Waals surface area contributed by atoms with Crippen LogP contribution in [0.5, 0.6) is 0 Å². The van der Waals surface area contributed by atoms with Crippen LogP contribution in [-0.4, -0.2) is 50.0 Å². The first-order valence-electron chi connectivity index (χ1n) is 14.0. The summed E-state index contributed by atoms with van der Waals surface area (Å²) in [6.07, 6.45) is 2.42. The number of nitrogens with zero attached hydrogens (tertiary/aromatic N) is 2. The summed E-state index contributed by atoms with van der Waals surface area (Å²) in [5, 5.41) is 3.65. The van der Waals surface area contributed by atoms with Crippen molar-refractivity contribution in [3.8, 4) is 0 Å². The van der Waals surface area contributed by atoms with Crippen molar-refractivity contribution < 1.29 is 18.0 Å². The lowest BCUT2D eigenvalue weighted by molar-refractivity contribution is -0.141. The van der Waals surface area contributed by atoms with Gasteiger partial charge in [0, 0.05) is 37.0 Å². The number of aryl methyl sites for hydroxylation is 1. The number of hydrogen-bond acceptors (Lipinski definition) is 4. The van der Waals surface area contributed by atoms with E-state index < -0.39 is 16.1 Å². The largest absolute Gasteiger partial charge is 0.352 e. The molecule has 0 aliphatic carbocycles. The fourth-order valence-electron chi connectivity index (χ4n) is 4.63. The van der Waals surface area contributed by atoms with Crippen LogP contribution in [0.1, 0.15) is 49.8 Å². The van der Waals surface area contributed by atoms with Gasteiger partial charge in [0.25, 0.3) is 0 Å². The minimum Gasteiger partial charge on any atom is -0.352 e. The number of nitrogens with one attached hydrogen (secondary N) is 1. The molecule has 0 saturated heterocycles. The molecule has 0 fully saturated rings. The van der Waals surface area contributed by atoms with Crippen LogP contribution in [0, 0.1) is 6.92 Å². The maximum absolute atomic E-state index is 14.0. The van der Waals surface area contributed by atoms with Crippen LogP contribution in [0.25, 0.3) is 0 Å². The van der Waals surface area contributed by atoms with Gasteiger partial charge >= 0.3 is 0 Å². The van der Waals surface area contributed by atoms with Gasteiger partial charge in [-0.05, 0) is 61.6 Å². The highest BCUT2D eigenvalue weighted by Gasteiger charge is 2.31. The molecule has 3 aromatic rings. The topological polar surface area (TPSA) is 86.8 Å². The Balaban J connectivity index is 1.92. The quantitative estimate of drug-likeness (QED) is 0.223. The number of carbonyl (C=O) groups excluding carboxylic acids is 2. The van der Waals surface area contributed by atoms with Gasteiger partial charge < -0.3 is 10.2 Å². The highest BCUT2D eigenvalue weighted by molar-refractivity contribution is 7.92. The van der Waals surface area contributed by atoms with Gasteiger partial charge in [0.2, 0.25) is 21.8 Å². The van der Waals surface area contributed by atoms with Crippen molar-refractivity contribution >= 4 is 50.7 Å². The zero-order chi connectivity index (χ0) is 30.9. The minimum atomic E-state index is -3.72. The minimum absolute atomic E-state index is 0.0191. The van der Waals surface area contributed by atoms with E-state index in [1.54, 1.807) is 11.0 Å². The maximum Gasteiger partial charge on any atom is 0.243 e. The molecular weight excluding hydrogens is 593 g/mol. The summed E-state index contributed by atoms with van der Waals surface area (Å²) in [4.78, 5) is 29.3. The van der Waals surface area contributed by atoms with E-state index in [1.807, 2.05) is 75.4 Å². The molecule has 0 heterocycles. The van der Waals surface area contributed by atoms with Gasteiger partial charge in [-0.15, -0.1) is 0 Å². The molecule has 1 N–H and O–H groups in total. The molecule has 0 saturated carbocycles. The number of amides is 2. The van der Waals surface area contributed by atoms with Crippen molar-refractivity contribution in [1.29, 1.82) is 0 Å². The molecule has 0 unspecified atom stereocenters. The third kappa shape index (κ3) is 9.48. The molecule has 2 atom stereocenters. The van der Waals surface area contributed by atoms with E-state index in [-0.39, 0.29) is 54.5 Å². The Kier molecular flexibility index (Phi) is 12.3. The second kappa shape index (κ2) is 15.4. The SMILES string of the molecule is CC[C@@H](C)NC(=O)[C@@H](Cc1ccccc1)N(Cc1ccccc1C)C(=O)CCCN(c1cc(Cl)ccc1Cl)S(C)(=O)=O. The maximum atomic E-state index is 14.0. The molecule has 0 radical (unpaired) electrons. The van der Waals surface area contributed by atoms with Gasteiger partial charge in [-0.25, -0.2) is 8.42 Å². The molecule has 7 nitrogen and oxygen atoms in total. The van der Waals surface area contributed by atoms with Crippen LogP contribution in [0.2, 0.25) is 10.0 Å². The average Bonchev–Trinajstić information content (AvgIpc) is 2.95. The monoisotopic (exact) mass is 631 g/mol. The van der Waals surface area contributed by atoms with Crippen molar-refractivity contribution in [2.45, 2.75) is 65.1 Å². The van der Waals surface area contributed by atoms with Crippen LogP contribution in [0.4, 0.5) is 5.69 Å². The average molecular weight is 633 g/mol. The van der Waals surface area contributed by atoms with E-state index in [0.29, 0.717) is 11.4 Å². The molecule has 0 bridgehead atoms. The predicted octanol–water partition coefficient (Wildman–Crippen LogP) is 6.40. The van der Waals surface area contributed by atoms with E-state index in [9.17, 15) is 18.0 Å². The molecule has 0 aromatic heterocycles. The number of carbonyl (C=O) groups is 2. The van der Waals surface area contributed by atoms with E-state index in [0.717, 1.165) is 33.7 Å². The van der Waals surface area contributed by atoms with Crippen molar-refractivity contribution in [1.82, 2.24) is 10.2 Å². The van der Waals surface area contributed by atoms with Crippen LogP contribution in [-0.2, 0) is 32.6 Å². The van der Waals surface area contributed by atoms with Gasteiger partial charge in [-0.1, -0.05) is 84.7 Å². The Morgan fingerprint density at radius 3 is 2.29 bits per heavy atom. The summed E-state index contributed by atoms with van der Waals surface area (Å²) in [5.41, 5.74) is 3.13. The molecule has 42 heavy (non-hydrogen) atoms. The lowest BCUT2D eigenvalue weighted by atomic mass is 10.0. The van der Waals surface area contributed by atoms with Gasteiger partial charge in [0.05, 0.1) is 17.0 Å². The lowest BCUT2D eigenvalue weighted by Gasteiger charge is -2.33. The number of hydrogen-bond donors (Lipinski definition) is 1. The zero-order valence-corrected chi connectivity index (χ0v) is 26.8. The van der Waals surface area contributed by atoms with Gasteiger partial charge in [0.1, 0.15) is 6.04 Å². The van der Waals surface area contributed by atoms with E-state index in [1.165, 1.54) is 12.1 Å². The van der Waals surface area contributed by atoms with Gasteiger partial charge in [0.15, 0.2) is 0 Å². The number of rotatable bonds is 14. The van der Waals surface area contributed by atoms with Gasteiger partial charge in [-0.2, -0.15) is 0 Å².